The van der Waals surface area contributed by atoms with Crippen molar-refractivity contribution < 1.29 is 39.0 Å². The van der Waals surface area contributed by atoms with E-state index in [2.05, 4.69) is 35.8 Å². The molecule has 0 aromatic carbocycles. The lowest BCUT2D eigenvalue weighted by Crippen LogP contribution is -2.71. The molecule has 0 unspecified atom stereocenters. The van der Waals surface area contributed by atoms with Crippen LogP contribution >= 0.6 is 23.3 Å². The van der Waals surface area contributed by atoms with Gasteiger partial charge in [0.2, 0.25) is 17.1 Å². The van der Waals surface area contributed by atoms with Crippen LogP contribution in [0.15, 0.2) is 28.3 Å². The molecule has 0 aliphatic carbocycles. The second-order valence-electron chi connectivity index (χ2n) is 10.3. The van der Waals surface area contributed by atoms with Crippen molar-refractivity contribution in [2.75, 3.05) is 45.2 Å². The molecular weight excluding hydrogens is 648 g/mol. The lowest BCUT2D eigenvalue weighted by molar-refractivity contribution is -0.161. The minimum absolute atomic E-state index is 0.00901. The number of nitrogens with zero attached hydrogens (tertiary/aromatic N) is 5. The Balaban J connectivity index is 1.78. The molecule has 1 saturated heterocycles. The summed E-state index contributed by atoms with van der Waals surface area (Å²) in [5.41, 5.74) is 8.79. The van der Waals surface area contributed by atoms with Crippen molar-refractivity contribution in [1.29, 1.82) is 5.41 Å². The summed E-state index contributed by atoms with van der Waals surface area (Å²) in [7, 11) is 3.20. The van der Waals surface area contributed by atoms with Crippen LogP contribution in [0.5, 0.6) is 0 Å². The second-order valence-corrected chi connectivity index (χ2v) is 12.2. The number of carbonyl (C=O) groups is 5. The first kappa shape index (κ1) is 35.5. The van der Waals surface area contributed by atoms with Crippen LogP contribution in [0.4, 0.5) is 9.93 Å². The maximum Gasteiger partial charge on any atom is 0.352 e. The van der Waals surface area contributed by atoms with Crippen LogP contribution in [-0.2, 0) is 24.0 Å². The number of rotatable bonds is 14. The van der Waals surface area contributed by atoms with E-state index in [1.165, 1.54) is 36.7 Å². The highest BCUT2D eigenvalue weighted by atomic mass is 32.2. The van der Waals surface area contributed by atoms with Crippen molar-refractivity contribution in [2.45, 2.75) is 30.9 Å². The zero-order valence-corrected chi connectivity index (χ0v) is 26.7. The Morgan fingerprint density at radius 3 is 2.54 bits per heavy atom. The lowest BCUT2D eigenvalue weighted by atomic mass is 10.0. The molecule has 4 amide bonds. The third-order valence-corrected chi connectivity index (χ3v) is 8.11. The van der Waals surface area contributed by atoms with Gasteiger partial charge in [-0.2, -0.15) is 9.36 Å². The summed E-state index contributed by atoms with van der Waals surface area (Å²) < 4.78 is 3.91. The fourth-order valence-corrected chi connectivity index (χ4v) is 5.56. The summed E-state index contributed by atoms with van der Waals surface area (Å²) in [6.45, 7) is 2.78. The number of urea groups is 1. The minimum atomic E-state index is -1.82. The number of nitrogens with one attached hydrogen (secondary N) is 5. The van der Waals surface area contributed by atoms with E-state index in [9.17, 15) is 34.2 Å². The fourth-order valence-electron chi connectivity index (χ4n) is 3.78. The number of oxime groups is 1. The Labute approximate surface area is 270 Å². The number of nitrogens with two attached hydrogens (primary N) is 2. The number of aliphatic carboxylic acids is 2. The Bertz CT molecular complexity index is 1500. The van der Waals surface area contributed by atoms with E-state index in [4.69, 9.17) is 21.7 Å². The Hall–Kier alpha value is -4.96. The zero-order chi connectivity index (χ0) is 34.3. The number of nitrogen functional groups attached to an aromatic ring is 1. The quantitative estimate of drug-likeness (QED) is 0.0430. The molecule has 46 heavy (non-hydrogen) atoms. The summed E-state index contributed by atoms with van der Waals surface area (Å²) in [4.78, 5) is 73.7. The smallest absolute Gasteiger partial charge is 0.352 e. The number of hydrogen-bond donors (Lipinski definition) is 9. The molecule has 2 aliphatic heterocycles. The Morgan fingerprint density at radius 2 is 1.98 bits per heavy atom. The molecule has 11 N–H and O–H groups in total. The molecule has 0 radical (unpaired) electrons. The highest BCUT2D eigenvalue weighted by molar-refractivity contribution is 8.00. The van der Waals surface area contributed by atoms with Gasteiger partial charge < -0.3 is 52.7 Å². The summed E-state index contributed by atoms with van der Waals surface area (Å²) in [5.74, 6) is -4.60. The highest BCUT2D eigenvalue weighted by Gasteiger charge is 2.54. The number of amidine groups is 1. The topological polar surface area (TPSA) is 304 Å². The first-order valence-corrected chi connectivity index (χ1v) is 15.2. The molecule has 2 atom stereocenters. The molecule has 1 aromatic rings. The van der Waals surface area contributed by atoms with Crippen LogP contribution in [0.1, 0.15) is 19.7 Å². The van der Waals surface area contributed by atoms with E-state index in [1.54, 1.807) is 14.1 Å². The van der Waals surface area contributed by atoms with Gasteiger partial charge >= 0.3 is 18.0 Å². The molecule has 0 spiro atoms. The number of carboxylic acids is 2. The van der Waals surface area contributed by atoms with Crippen LogP contribution in [0, 0.1) is 5.41 Å². The molecule has 0 saturated carbocycles. The molecule has 22 heteroatoms. The van der Waals surface area contributed by atoms with Crippen molar-refractivity contribution in [2.24, 2.45) is 10.9 Å². The molecule has 1 fully saturated rings. The standard InChI is InChI=1S/C24H34N12O8S2/c1-24(2,21(41)42)44-33-12(16-32-22(27)46-34-16)17(37)31-13-18(38)36-14(20(39)40)10(9-45-19(13)36)7-28-8-11(15(26)35(3)4)30-23(43)29-6-5-25/h8,13,19,26,28H,5-7,9,25H2,1-4H3,(H,31,37)(H,39,40)(H,41,42)(H2,27,32,34)(H2,29,30,43)/b11-8?,26-15?,33-12-/t13-,19-/m1/s1. The van der Waals surface area contributed by atoms with Gasteiger partial charge in [-0.05, 0) is 19.4 Å². The molecule has 3 heterocycles. The summed E-state index contributed by atoms with van der Waals surface area (Å²) >= 11 is 1.94. The molecule has 2 aliphatic rings. The van der Waals surface area contributed by atoms with Gasteiger partial charge in [-0.3, -0.25) is 19.9 Å². The van der Waals surface area contributed by atoms with E-state index in [0.717, 1.165) is 16.4 Å². The van der Waals surface area contributed by atoms with Crippen LogP contribution in [0.3, 0.4) is 0 Å². The largest absolute Gasteiger partial charge is 0.478 e. The monoisotopic (exact) mass is 682 g/mol. The molecule has 3 rings (SSSR count). The highest BCUT2D eigenvalue weighted by Crippen LogP contribution is 2.40. The van der Waals surface area contributed by atoms with Gasteiger partial charge in [0, 0.05) is 57.2 Å². The number of β-lactam (4-membered cyclic amide) rings is 1. The van der Waals surface area contributed by atoms with Gasteiger partial charge in [-0.1, -0.05) is 5.16 Å². The molecular formula is C24H34N12O8S2. The number of amides is 4. The number of carbonyl (C=O) groups excluding carboxylic acids is 3. The van der Waals surface area contributed by atoms with Crippen LogP contribution in [-0.4, -0.2) is 127 Å². The summed E-state index contributed by atoms with van der Waals surface area (Å²) in [5, 5.41) is 40.8. The van der Waals surface area contributed by atoms with Crippen molar-refractivity contribution >= 4 is 69.8 Å². The lowest BCUT2D eigenvalue weighted by Gasteiger charge is -2.49. The van der Waals surface area contributed by atoms with Crippen molar-refractivity contribution in [3.8, 4) is 0 Å². The number of anilines is 1. The average Bonchev–Trinajstić information content (AvgIpc) is 3.42. The van der Waals surface area contributed by atoms with Crippen molar-refractivity contribution in [3.63, 3.8) is 0 Å². The number of aromatic nitrogens is 2. The Kier molecular flexibility index (Phi) is 11.5. The molecule has 20 nitrogen and oxygen atoms in total. The third kappa shape index (κ3) is 8.19. The van der Waals surface area contributed by atoms with Gasteiger partial charge in [0.25, 0.3) is 11.8 Å². The summed E-state index contributed by atoms with van der Waals surface area (Å²) in [6, 6.07) is -1.76. The van der Waals surface area contributed by atoms with E-state index in [1.807, 2.05) is 0 Å². The Morgan fingerprint density at radius 1 is 1.28 bits per heavy atom. The number of hydrogen-bond acceptors (Lipinski definition) is 15. The van der Waals surface area contributed by atoms with E-state index >= 15 is 0 Å². The van der Waals surface area contributed by atoms with E-state index in [0.29, 0.717) is 5.57 Å². The van der Waals surface area contributed by atoms with Crippen molar-refractivity contribution in [1.82, 2.24) is 40.4 Å². The van der Waals surface area contributed by atoms with E-state index < -0.39 is 52.5 Å². The number of fused-ring (bicyclic) bond motifs is 1. The fraction of sp³-hybridized carbons (Fsp3) is 0.458. The number of likely N-dealkylation sites (N-methyl/N-ethyl adjacent to an activating group) is 1. The number of thioether (sulfide) groups is 1. The molecule has 0 bridgehead atoms. The van der Waals surface area contributed by atoms with Crippen molar-refractivity contribution in [3.05, 3.63) is 29.0 Å². The maximum atomic E-state index is 13.2. The predicted molar refractivity (Wildman–Crippen MR) is 166 cm³/mol. The van der Waals surface area contributed by atoms with Crippen LogP contribution in [0.2, 0.25) is 0 Å². The predicted octanol–water partition coefficient (Wildman–Crippen LogP) is -2.33. The minimum Gasteiger partial charge on any atom is -0.478 e. The average molecular weight is 683 g/mol. The first-order valence-electron chi connectivity index (χ1n) is 13.3. The zero-order valence-electron chi connectivity index (χ0n) is 25.1. The van der Waals surface area contributed by atoms with Gasteiger partial charge in [-0.25, -0.2) is 14.4 Å². The van der Waals surface area contributed by atoms with Gasteiger partial charge in [-0.15, -0.1) is 11.8 Å². The molecule has 1 aromatic heterocycles. The third-order valence-electron chi connectivity index (χ3n) is 6.23. The first-order chi connectivity index (χ1) is 21.6. The number of carboxylic acid groups (broad SMARTS) is 2. The maximum absolute atomic E-state index is 13.2. The van der Waals surface area contributed by atoms with Crippen LogP contribution in [0.25, 0.3) is 0 Å². The second kappa shape index (κ2) is 14.9. The van der Waals surface area contributed by atoms with Gasteiger partial charge in [0.15, 0.2) is 5.13 Å². The van der Waals surface area contributed by atoms with E-state index in [-0.39, 0.29) is 53.6 Å². The molecule has 250 valence electrons. The summed E-state index contributed by atoms with van der Waals surface area (Å²) in [6.07, 6.45) is 1.34. The normalized spacial score (nSPS) is 18.2. The van der Waals surface area contributed by atoms with Gasteiger partial charge in [0.05, 0.1) is 0 Å². The van der Waals surface area contributed by atoms with Gasteiger partial charge in [0.1, 0.15) is 28.6 Å². The SMILES string of the molecule is CN(C)C(=N)C(=CNCC1=C(C(=O)O)N2C(=O)[C@@H](NC(=O)/C(=N\OC(C)(C)C(=O)O)c3nsc(N)n3)[C@H]2SC1)NC(=O)NCCN. The van der Waals surface area contributed by atoms with Crippen LogP contribution < -0.4 is 32.7 Å².